The molecule has 2 heteroatoms. The van der Waals surface area contributed by atoms with Crippen molar-refractivity contribution in [2.45, 2.75) is 20.3 Å². The lowest BCUT2D eigenvalue weighted by atomic mass is 9.90. The number of hydrogen-bond acceptors (Lipinski definition) is 1. The average Bonchev–Trinajstić information content (AvgIpc) is 2.28. The third-order valence-corrected chi connectivity index (χ3v) is 4.20. The molecular formula is C14H16BrN. The first-order chi connectivity index (χ1) is 7.61. The quantitative estimate of drug-likeness (QED) is 0.767. The second kappa shape index (κ2) is 4.54. The van der Waals surface area contributed by atoms with Gasteiger partial charge in [0.25, 0.3) is 0 Å². The van der Waals surface area contributed by atoms with Crippen LogP contribution in [0.4, 0.5) is 0 Å². The number of para-hydroxylation sites is 1. The summed E-state index contributed by atoms with van der Waals surface area (Å²) in [4.78, 5) is 4.69. The van der Waals surface area contributed by atoms with Gasteiger partial charge in [0.15, 0.2) is 0 Å². The van der Waals surface area contributed by atoms with Crippen LogP contribution in [0.15, 0.2) is 36.4 Å². The van der Waals surface area contributed by atoms with Crippen LogP contribution in [0, 0.1) is 5.41 Å². The average molecular weight is 278 g/mol. The smallest absolute Gasteiger partial charge is 0.0705 e. The third-order valence-electron chi connectivity index (χ3n) is 2.68. The molecule has 0 saturated carbocycles. The molecule has 0 radical (unpaired) electrons. The molecule has 1 aromatic carbocycles. The second-order valence-corrected chi connectivity index (χ2v) is 5.53. The highest BCUT2D eigenvalue weighted by molar-refractivity contribution is 9.09. The molecule has 0 aliphatic heterocycles. The number of hydrogen-bond donors (Lipinski definition) is 0. The van der Waals surface area contributed by atoms with E-state index >= 15 is 0 Å². The van der Waals surface area contributed by atoms with Crippen molar-refractivity contribution in [2.75, 3.05) is 5.33 Å². The van der Waals surface area contributed by atoms with Crippen molar-refractivity contribution in [3.63, 3.8) is 0 Å². The summed E-state index contributed by atoms with van der Waals surface area (Å²) in [7, 11) is 0. The predicted octanol–water partition coefficient (Wildman–Crippen LogP) is 4.20. The lowest BCUT2D eigenvalue weighted by molar-refractivity contribution is 0.420. The van der Waals surface area contributed by atoms with Gasteiger partial charge in [-0.15, -0.1) is 0 Å². The van der Waals surface area contributed by atoms with E-state index in [0.717, 1.165) is 17.3 Å². The zero-order chi connectivity index (χ0) is 11.6. The fourth-order valence-electron chi connectivity index (χ4n) is 1.74. The molecule has 0 atom stereocenters. The summed E-state index contributed by atoms with van der Waals surface area (Å²) in [5, 5.41) is 2.21. The first-order valence-electron chi connectivity index (χ1n) is 5.51. The highest BCUT2D eigenvalue weighted by Gasteiger charge is 2.17. The van der Waals surface area contributed by atoms with Crippen molar-refractivity contribution in [3.8, 4) is 0 Å². The molecule has 0 amide bonds. The van der Waals surface area contributed by atoms with Gasteiger partial charge in [-0.3, -0.25) is 4.98 Å². The van der Waals surface area contributed by atoms with Crippen LogP contribution in [0.3, 0.4) is 0 Å². The molecule has 16 heavy (non-hydrogen) atoms. The van der Waals surface area contributed by atoms with Gasteiger partial charge >= 0.3 is 0 Å². The zero-order valence-corrected chi connectivity index (χ0v) is 11.3. The Hall–Kier alpha value is -0.890. The Bertz CT molecular complexity index is 491. The number of benzene rings is 1. The predicted molar refractivity (Wildman–Crippen MR) is 73.0 cm³/mol. The number of halogens is 1. The lowest BCUT2D eigenvalue weighted by Crippen LogP contribution is -2.17. The number of fused-ring (bicyclic) bond motifs is 1. The zero-order valence-electron chi connectivity index (χ0n) is 9.70. The maximum absolute atomic E-state index is 4.69. The molecule has 1 nitrogen and oxygen atoms in total. The van der Waals surface area contributed by atoms with Gasteiger partial charge in [-0.1, -0.05) is 54.0 Å². The molecule has 2 aromatic rings. The van der Waals surface area contributed by atoms with Gasteiger partial charge in [-0.25, -0.2) is 0 Å². The van der Waals surface area contributed by atoms with Crippen LogP contribution in [-0.4, -0.2) is 10.3 Å². The fraction of sp³-hybridized carbons (Fsp3) is 0.357. The Morgan fingerprint density at radius 2 is 1.88 bits per heavy atom. The number of nitrogens with zero attached hydrogens (tertiary/aromatic N) is 1. The van der Waals surface area contributed by atoms with Crippen LogP contribution < -0.4 is 0 Å². The molecule has 2 rings (SSSR count). The van der Waals surface area contributed by atoms with E-state index in [1.807, 2.05) is 12.1 Å². The molecule has 1 heterocycles. The van der Waals surface area contributed by atoms with Gasteiger partial charge < -0.3 is 0 Å². The van der Waals surface area contributed by atoms with Crippen molar-refractivity contribution >= 4 is 26.8 Å². The molecular weight excluding hydrogens is 262 g/mol. The van der Waals surface area contributed by atoms with E-state index in [9.17, 15) is 0 Å². The maximum Gasteiger partial charge on any atom is 0.0705 e. The summed E-state index contributed by atoms with van der Waals surface area (Å²) in [5.74, 6) is 0. The Morgan fingerprint density at radius 1 is 1.12 bits per heavy atom. The molecule has 0 fully saturated rings. The first kappa shape index (κ1) is 11.6. The number of alkyl halides is 1. The normalized spacial score (nSPS) is 11.9. The summed E-state index contributed by atoms with van der Waals surface area (Å²) in [6.07, 6.45) is 1.00. The minimum atomic E-state index is 0.259. The topological polar surface area (TPSA) is 12.9 Å². The van der Waals surface area contributed by atoms with Crippen LogP contribution in [0.2, 0.25) is 0 Å². The lowest BCUT2D eigenvalue weighted by Gasteiger charge is -2.20. The minimum Gasteiger partial charge on any atom is -0.253 e. The van der Waals surface area contributed by atoms with Crippen molar-refractivity contribution in [2.24, 2.45) is 5.41 Å². The molecule has 0 N–H and O–H groups in total. The summed E-state index contributed by atoms with van der Waals surface area (Å²) in [6, 6.07) is 12.5. The van der Waals surface area contributed by atoms with Gasteiger partial charge in [0.1, 0.15) is 0 Å². The van der Waals surface area contributed by atoms with Crippen molar-refractivity contribution in [1.82, 2.24) is 4.98 Å². The van der Waals surface area contributed by atoms with Crippen molar-refractivity contribution < 1.29 is 0 Å². The van der Waals surface area contributed by atoms with Crippen molar-refractivity contribution in [1.29, 1.82) is 0 Å². The Kier molecular flexibility index (Phi) is 3.29. The number of aromatic nitrogens is 1. The standard InChI is InChI=1S/C14H16BrN/c1-14(2,10-15)9-12-8-7-11-5-3-4-6-13(11)16-12/h3-8H,9-10H2,1-2H3. The van der Waals surface area contributed by atoms with Crippen LogP contribution in [0.25, 0.3) is 10.9 Å². The fourth-order valence-corrected chi connectivity index (χ4v) is 1.94. The van der Waals surface area contributed by atoms with Gasteiger partial charge in [0, 0.05) is 16.4 Å². The van der Waals surface area contributed by atoms with E-state index in [4.69, 9.17) is 0 Å². The minimum absolute atomic E-state index is 0.259. The molecule has 1 aromatic heterocycles. The molecule has 0 aliphatic carbocycles. The van der Waals surface area contributed by atoms with E-state index in [1.54, 1.807) is 0 Å². The Morgan fingerprint density at radius 3 is 2.62 bits per heavy atom. The van der Waals surface area contributed by atoms with E-state index in [0.29, 0.717) is 0 Å². The Labute approximate surface area is 105 Å². The largest absolute Gasteiger partial charge is 0.253 e. The van der Waals surface area contributed by atoms with Crippen LogP contribution in [0.5, 0.6) is 0 Å². The van der Waals surface area contributed by atoms with Crippen molar-refractivity contribution in [3.05, 3.63) is 42.1 Å². The third kappa shape index (κ3) is 2.62. The van der Waals surface area contributed by atoms with Gasteiger partial charge in [-0.05, 0) is 24.0 Å². The highest BCUT2D eigenvalue weighted by Crippen LogP contribution is 2.24. The summed E-state index contributed by atoms with van der Waals surface area (Å²) >= 11 is 3.55. The summed E-state index contributed by atoms with van der Waals surface area (Å²) in [5.41, 5.74) is 2.52. The molecule has 84 valence electrons. The van der Waals surface area contributed by atoms with E-state index in [2.05, 4.69) is 59.0 Å². The summed E-state index contributed by atoms with van der Waals surface area (Å²) in [6.45, 7) is 4.50. The van der Waals surface area contributed by atoms with Gasteiger partial charge in [0.2, 0.25) is 0 Å². The monoisotopic (exact) mass is 277 g/mol. The maximum atomic E-state index is 4.69. The SMILES string of the molecule is CC(C)(CBr)Cc1ccc2ccccc2n1. The molecule has 0 spiro atoms. The second-order valence-electron chi connectivity index (χ2n) is 4.97. The Balaban J connectivity index is 2.33. The van der Waals surface area contributed by atoms with Crippen LogP contribution in [0.1, 0.15) is 19.5 Å². The molecule has 0 aliphatic rings. The van der Waals surface area contributed by atoms with Crippen LogP contribution in [-0.2, 0) is 6.42 Å². The molecule has 0 bridgehead atoms. The van der Waals surface area contributed by atoms with Gasteiger partial charge in [-0.2, -0.15) is 0 Å². The molecule has 0 saturated heterocycles. The van der Waals surface area contributed by atoms with Gasteiger partial charge in [0.05, 0.1) is 5.52 Å². The first-order valence-corrected chi connectivity index (χ1v) is 6.63. The number of rotatable bonds is 3. The van der Waals surface area contributed by atoms with Crippen LogP contribution >= 0.6 is 15.9 Å². The molecule has 0 unspecified atom stereocenters. The van der Waals surface area contributed by atoms with E-state index in [1.165, 1.54) is 11.1 Å². The van der Waals surface area contributed by atoms with E-state index in [-0.39, 0.29) is 5.41 Å². The summed E-state index contributed by atoms with van der Waals surface area (Å²) < 4.78 is 0. The highest BCUT2D eigenvalue weighted by atomic mass is 79.9. The van der Waals surface area contributed by atoms with E-state index < -0.39 is 0 Å². The number of pyridine rings is 1.